The average molecular weight is 375 g/mol. The van der Waals surface area contributed by atoms with Gasteiger partial charge in [-0.05, 0) is 30.7 Å². The van der Waals surface area contributed by atoms with Gasteiger partial charge < -0.3 is 14.6 Å². The molecule has 0 atom stereocenters. The van der Waals surface area contributed by atoms with Crippen LogP contribution in [0.1, 0.15) is 11.1 Å². The molecule has 9 heteroatoms. The molecule has 5 nitrogen and oxygen atoms in total. The van der Waals surface area contributed by atoms with Crippen LogP contribution in [0.4, 0.5) is 18.9 Å². The summed E-state index contributed by atoms with van der Waals surface area (Å²) in [5, 5.41) is 1.89. The second-order valence-electron chi connectivity index (χ2n) is 5.26. The minimum Gasteiger partial charge on any atom is -0.495 e. The van der Waals surface area contributed by atoms with Gasteiger partial charge in [-0.2, -0.15) is 13.2 Å². The van der Waals surface area contributed by atoms with Crippen molar-refractivity contribution >= 4 is 23.2 Å². The SMILES string of the molecule is COc1ccc(C)cc1NC(=O)Cn1cc(C(F)(F)F)cc(Cl)c1=O. The van der Waals surface area contributed by atoms with Gasteiger partial charge in [0.2, 0.25) is 5.91 Å². The Morgan fingerprint density at radius 3 is 2.60 bits per heavy atom. The zero-order chi connectivity index (χ0) is 18.8. The summed E-state index contributed by atoms with van der Waals surface area (Å²) >= 11 is 5.55. The first-order chi connectivity index (χ1) is 11.6. The van der Waals surface area contributed by atoms with Crippen LogP contribution in [0.15, 0.2) is 35.3 Å². The number of pyridine rings is 1. The van der Waals surface area contributed by atoms with Gasteiger partial charge >= 0.3 is 6.18 Å². The van der Waals surface area contributed by atoms with Crippen molar-refractivity contribution in [2.75, 3.05) is 12.4 Å². The summed E-state index contributed by atoms with van der Waals surface area (Å²) in [7, 11) is 1.41. The van der Waals surface area contributed by atoms with E-state index in [1.807, 2.05) is 0 Å². The van der Waals surface area contributed by atoms with E-state index in [-0.39, 0.29) is 0 Å². The predicted molar refractivity (Wildman–Crippen MR) is 87.1 cm³/mol. The van der Waals surface area contributed by atoms with Crippen LogP contribution < -0.4 is 15.6 Å². The highest BCUT2D eigenvalue weighted by molar-refractivity contribution is 6.30. The Hall–Kier alpha value is -2.48. The number of amides is 1. The average Bonchev–Trinajstić information content (AvgIpc) is 2.50. The fourth-order valence-corrected chi connectivity index (χ4v) is 2.36. The normalized spacial score (nSPS) is 11.3. The van der Waals surface area contributed by atoms with Crippen LogP contribution >= 0.6 is 11.6 Å². The third-order valence-electron chi connectivity index (χ3n) is 3.31. The van der Waals surface area contributed by atoms with Gasteiger partial charge in [-0.15, -0.1) is 0 Å². The number of ether oxygens (including phenoxy) is 1. The fraction of sp³-hybridized carbons (Fsp3) is 0.250. The molecular weight excluding hydrogens is 361 g/mol. The van der Waals surface area contributed by atoms with Gasteiger partial charge in [-0.3, -0.25) is 9.59 Å². The lowest BCUT2D eigenvalue weighted by Gasteiger charge is -2.13. The van der Waals surface area contributed by atoms with Crippen LogP contribution in [0, 0.1) is 6.92 Å². The van der Waals surface area contributed by atoms with Crippen molar-refractivity contribution in [1.82, 2.24) is 4.57 Å². The maximum absolute atomic E-state index is 12.8. The second kappa shape index (κ2) is 7.18. The summed E-state index contributed by atoms with van der Waals surface area (Å²) in [6, 6.07) is 5.57. The lowest BCUT2D eigenvalue weighted by atomic mass is 10.2. The summed E-state index contributed by atoms with van der Waals surface area (Å²) in [5.41, 5.74) is -0.812. The molecule has 0 spiro atoms. The summed E-state index contributed by atoms with van der Waals surface area (Å²) in [6.07, 6.45) is -4.13. The number of nitrogens with one attached hydrogen (secondary N) is 1. The second-order valence-corrected chi connectivity index (χ2v) is 5.67. The van der Waals surface area contributed by atoms with Crippen LogP contribution in [0.3, 0.4) is 0 Å². The molecular formula is C16H14ClF3N2O3. The molecule has 2 rings (SSSR count). The van der Waals surface area contributed by atoms with Crippen molar-refractivity contribution < 1.29 is 22.7 Å². The van der Waals surface area contributed by atoms with E-state index in [1.54, 1.807) is 25.1 Å². The lowest BCUT2D eigenvalue weighted by molar-refractivity contribution is -0.138. The van der Waals surface area contributed by atoms with Gasteiger partial charge in [0.1, 0.15) is 17.3 Å². The molecule has 0 saturated carbocycles. The number of hydrogen-bond donors (Lipinski definition) is 1. The first kappa shape index (κ1) is 18.9. The fourth-order valence-electron chi connectivity index (χ4n) is 2.14. The van der Waals surface area contributed by atoms with E-state index in [1.165, 1.54) is 7.11 Å². The van der Waals surface area contributed by atoms with Crippen molar-refractivity contribution in [3.63, 3.8) is 0 Å². The Morgan fingerprint density at radius 2 is 2.00 bits per heavy atom. The highest BCUT2D eigenvalue weighted by Gasteiger charge is 2.32. The lowest BCUT2D eigenvalue weighted by Crippen LogP contribution is -2.29. The van der Waals surface area contributed by atoms with Crippen molar-refractivity contribution in [3.05, 3.63) is 57.0 Å². The zero-order valence-electron chi connectivity index (χ0n) is 13.3. The van der Waals surface area contributed by atoms with E-state index in [2.05, 4.69) is 5.32 Å². The molecule has 0 radical (unpaired) electrons. The van der Waals surface area contributed by atoms with E-state index in [9.17, 15) is 22.8 Å². The minimum absolute atomic E-state index is 0.346. The number of nitrogens with zero attached hydrogens (tertiary/aromatic N) is 1. The summed E-state index contributed by atoms with van der Waals surface area (Å²) in [6.45, 7) is 1.17. The summed E-state index contributed by atoms with van der Waals surface area (Å²) in [5.74, 6) is -0.310. The molecule has 25 heavy (non-hydrogen) atoms. The van der Waals surface area contributed by atoms with Crippen molar-refractivity contribution in [2.45, 2.75) is 19.6 Å². The van der Waals surface area contributed by atoms with Crippen LogP contribution in [0.25, 0.3) is 0 Å². The number of benzene rings is 1. The first-order valence-corrected chi connectivity index (χ1v) is 7.41. The topological polar surface area (TPSA) is 60.3 Å². The molecule has 0 bridgehead atoms. The van der Waals surface area contributed by atoms with Gasteiger partial charge in [0.05, 0.1) is 18.4 Å². The third-order valence-corrected chi connectivity index (χ3v) is 3.58. The number of methoxy groups -OCH3 is 1. The van der Waals surface area contributed by atoms with Crippen LogP contribution in [0.2, 0.25) is 5.02 Å². The summed E-state index contributed by atoms with van der Waals surface area (Å²) < 4.78 is 44.2. The van der Waals surface area contributed by atoms with Gasteiger partial charge in [0.25, 0.3) is 5.56 Å². The monoisotopic (exact) mass is 374 g/mol. The molecule has 0 aliphatic carbocycles. The Morgan fingerprint density at radius 1 is 1.32 bits per heavy atom. The van der Waals surface area contributed by atoms with E-state index < -0.39 is 34.8 Å². The van der Waals surface area contributed by atoms with Crippen molar-refractivity contribution in [3.8, 4) is 5.75 Å². The van der Waals surface area contributed by atoms with E-state index >= 15 is 0 Å². The zero-order valence-corrected chi connectivity index (χ0v) is 14.0. The number of carbonyl (C=O) groups excluding carboxylic acids is 1. The summed E-state index contributed by atoms with van der Waals surface area (Å²) in [4.78, 5) is 24.0. The highest BCUT2D eigenvalue weighted by Crippen LogP contribution is 2.29. The number of aromatic nitrogens is 1. The molecule has 2 aromatic rings. The largest absolute Gasteiger partial charge is 0.495 e. The van der Waals surface area contributed by atoms with Gasteiger partial charge in [0.15, 0.2) is 0 Å². The van der Waals surface area contributed by atoms with E-state index in [4.69, 9.17) is 16.3 Å². The number of halogens is 4. The Balaban J connectivity index is 2.28. The maximum atomic E-state index is 12.8. The first-order valence-electron chi connectivity index (χ1n) is 7.03. The van der Waals surface area contributed by atoms with Crippen LogP contribution in [0.5, 0.6) is 5.75 Å². The number of hydrogen-bond acceptors (Lipinski definition) is 3. The van der Waals surface area contributed by atoms with Crippen molar-refractivity contribution in [1.29, 1.82) is 0 Å². The smallest absolute Gasteiger partial charge is 0.417 e. The molecule has 0 saturated heterocycles. The van der Waals surface area contributed by atoms with E-state index in [0.717, 1.165) is 5.56 Å². The Bertz CT molecular complexity index is 863. The maximum Gasteiger partial charge on any atom is 0.417 e. The van der Waals surface area contributed by atoms with Gasteiger partial charge in [0, 0.05) is 6.20 Å². The quantitative estimate of drug-likeness (QED) is 0.891. The molecule has 0 aliphatic heterocycles. The minimum atomic E-state index is -4.69. The molecule has 1 aromatic heterocycles. The number of anilines is 1. The number of rotatable bonds is 4. The molecule has 0 aliphatic rings. The van der Waals surface area contributed by atoms with Gasteiger partial charge in [-0.25, -0.2) is 0 Å². The van der Waals surface area contributed by atoms with Crippen LogP contribution in [-0.4, -0.2) is 17.6 Å². The number of alkyl halides is 3. The molecule has 134 valence electrons. The number of aryl methyl sites for hydroxylation is 1. The molecule has 1 heterocycles. The standard InChI is InChI=1S/C16H14ClF3N2O3/c1-9-3-4-13(25-2)12(5-9)21-14(23)8-22-7-10(16(18,19)20)6-11(17)15(22)24/h3-7H,8H2,1-2H3,(H,21,23). The molecule has 1 N–H and O–H groups in total. The van der Waals surface area contributed by atoms with E-state index in [0.29, 0.717) is 28.3 Å². The molecule has 1 aromatic carbocycles. The highest BCUT2D eigenvalue weighted by atomic mass is 35.5. The molecule has 1 amide bonds. The Kier molecular flexibility index (Phi) is 5.42. The molecule has 0 unspecified atom stereocenters. The Labute approximate surface area is 146 Å². The van der Waals surface area contributed by atoms with Crippen LogP contribution in [-0.2, 0) is 17.5 Å². The molecule has 0 fully saturated rings. The predicted octanol–water partition coefficient (Wildman–Crippen LogP) is 3.48. The van der Waals surface area contributed by atoms with Crippen molar-refractivity contribution in [2.24, 2.45) is 0 Å². The number of carbonyl (C=O) groups is 1. The third kappa shape index (κ3) is 4.54. The van der Waals surface area contributed by atoms with Gasteiger partial charge in [-0.1, -0.05) is 17.7 Å².